The first-order valence-corrected chi connectivity index (χ1v) is 17.6. The molecular weight excluding hydrogens is 1050 g/mol. The number of halogens is 34. The van der Waals surface area contributed by atoms with Crippen LogP contribution in [0.5, 0.6) is 0 Å². The average Bonchev–Trinajstić information content (AvgIpc) is 3.10. The summed E-state index contributed by atoms with van der Waals surface area (Å²) in [4.78, 5) is 0. The van der Waals surface area contributed by atoms with Gasteiger partial charge in [-0.15, -0.1) is 0 Å². The molecule has 0 bridgehead atoms. The minimum Gasteiger partial charge on any atom is -0.200 e. The molecule has 0 nitrogen and oxygen atoms in total. The molecule has 0 fully saturated rings. The van der Waals surface area contributed by atoms with Crippen LogP contribution in [-0.4, -0.2) is 107 Å². The molecule has 0 aromatic heterocycles. The fraction of sp³-hybridized carbons (Fsp3) is 0.786. The van der Waals surface area contributed by atoms with Crippen LogP contribution in [0.15, 0.2) is 24.3 Å². The fourth-order valence-electron chi connectivity index (χ4n) is 4.30. The SMILES string of the molecule is FC(F)(F)C(F)(F)C(F)(F)C(F)(F)C(F)(F)C(F)(F)C(F)(F)C(F)(F)CCSCc1cccc(CSCCC(F)(F)C(F)(F)C(F)(F)C(F)(F)C(F)(F)C(F)(F)C(F)(F)C(F)(F)F)c1. The number of hydrogen-bond donors (Lipinski definition) is 0. The Labute approximate surface area is 339 Å². The normalized spacial score (nSPS) is 16.2. The van der Waals surface area contributed by atoms with Crippen LogP contribution in [0, 0.1) is 0 Å². The van der Waals surface area contributed by atoms with Gasteiger partial charge in [0.05, 0.1) is 0 Å². The lowest BCUT2D eigenvalue weighted by Gasteiger charge is -2.42. The van der Waals surface area contributed by atoms with Gasteiger partial charge in [0.15, 0.2) is 0 Å². The third-order valence-corrected chi connectivity index (χ3v) is 10.3. The first-order valence-electron chi connectivity index (χ1n) is 15.3. The Morgan fingerprint density at radius 1 is 0.281 bits per heavy atom. The maximum Gasteiger partial charge on any atom is 0.460 e. The van der Waals surface area contributed by atoms with Gasteiger partial charge in [-0.2, -0.15) is 173 Å². The van der Waals surface area contributed by atoms with Crippen molar-refractivity contribution in [2.75, 3.05) is 11.5 Å². The maximum atomic E-state index is 14.1. The fourth-order valence-corrected chi connectivity index (χ4v) is 6.22. The Kier molecular flexibility index (Phi) is 16.1. The summed E-state index contributed by atoms with van der Waals surface area (Å²) in [5.41, 5.74) is -0.565. The van der Waals surface area contributed by atoms with Gasteiger partial charge in [0.1, 0.15) is 0 Å². The molecule has 0 aliphatic carbocycles. The lowest BCUT2D eigenvalue weighted by molar-refractivity contribution is -0.461. The maximum absolute atomic E-state index is 14.1. The highest BCUT2D eigenvalue weighted by Crippen LogP contribution is 2.66. The lowest BCUT2D eigenvalue weighted by Crippen LogP contribution is -2.74. The first-order chi connectivity index (χ1) is 27.7. The van der Waals surface area contributed by atoms with Crippen molar-refractivity contribution in [1.29, 1.82) is 0 Å². The quantitative estimate of drug-likeness (QED) is 0.0838. The van der Waals surface area contributed by atoms with Crippen molar-refractivity contribution in [3.8, 4) is 0 Å². The van der Waals surface area contributed by atoms with Crippen LogP contribution in [0.2, 0.25) is 0 Å². The molecular formula is C28H16F34S2. The number of alkyl halides is 34. The summed E-state index contributed by atoms with van der Waals surface area (Å²) >= 11 is -0.242. The predicted molar refractivity (Wildman–Crippen MR) is 149 cm³/mol. The topological polar surface area (TPSA) is 0 Å². The standard InChI is InChI=1S/C28H16F34S2/c29-13(30,15(33,34)17(37,38)19(41,42)21(45,46)23(49,50)25(53,54)27(57,58)59)4-6-63-9-11-2-1-3-12(8-11)10-64-7-5-14(31,32)16(35,36)18(39,40)20(43,44)22(47,48)24(51,52)26(55,56)28(60,61)62/h1-3,8H,4-7,9-10H2. The second kappa shape index (κ2) is 17.3. The number of benzene rings is 1. The summed E-state index contributed by atoms with van der Waals surface area (Å²) < 4.78 is 456. The third kappa shape index (κ3) is 9.12. The number of thioether (sulfide) groups is 2. The molecule has 0 amide bonds. The van der Waals surface area contributed by atoms with Gasteiger partial charge in [0.25, 0.3) is 0 Å². The molecule has 1 aromatic carbocycles. The molecule has 0 aliphatic heterocycles. The van der Waals surface area contributed by atoms with Gasteiger partial charge >= 0.3 is 95.3 Å². The van der Waals surface area contributed by atoms with E-state index in [1.54, 1.807) is 0 Å². The van der Waals surface area contributed by atoms with E-state index in [2.05, 4.69) is 0 Å². The Morgan fingerprint density at radius 3 is 0.703 bits per heavy atom. The van der Waals surface area contributed by atoms with E-state index in [9.17, 15) is 149 Å². The summed E-state index contributed by atoms with van der Waals surface area (Å²) in [5.74, 6) is -121. The Morgan fingerprint density at radius 2 is 0.484 bits per heavy atom. The van der Waals surface area contributed by atoms with Crippen molar-refractivity contribution in [2.45, 2.75) is 120 Å². The van der Waals surface area contributed by atoms with E-state index in [1.165, 1.54) is 0 Å². The van der Waals surface area contributed by atoms with Crippen LogP contribution < -0.4 is 0 Å². The lowest BCUT2D eigenvalue weighted by atomic mass is 9.88. The molecule has 378 valence electrons. The van der Waals surface area contributed by atoms with Gasteiger partial charge in [-0.1, -0.05) is 24.3 Å². The van der Waals surface area contributed by atoms with Crippen molar-refractivity contribution in [3.05, 3.63) is 35.4 Å². The molecule has 0 atom stereocenters. The van der Waals surface area contributed by atoms with Crippen LogP contribution in [0.4, 0.5) is 149 Å². The van der Waals surface area contributed by atoms with Crippen molar-refractivity contribution < 1.29 is 149 Å². The smallest absolute Gasteiger partial charge is 0.200 e. The van der Waals surface area contributed by atoms with Crippen LogP contribution in [0.3, 0.4) is 0 Å². The number of rotatable bonds is 22. The Bertz CT molecular complexity index is 1620. The zero-order chi connectivity index (χ0) is 51.6. The van der Waals surface area contributed by atoms with E-state index in [-0.39, 0.29) is 34.7 Å². The highest BCUT2D eigenvalue weighted by Gasteiger charge is 2.96. The molecule has 0 unspecified atom stereocenters. The summed E-state index contributed by atoms with van der Waals surface area (Å²) in [7, 11) is 0. The zero-order valence-corrected chi connectivity index (χ0v) is 30.9. The molecule has 0 radical (unpaired) electrons. The molecule has 1 aromatic rings. The molecule has 0 heterocycles. The van der Waals surface area contributed by atoms with Crippen molar-refractivity contribution in [1.82, 2.24) is 0 Å². The largest absolute Gasteiger partial charge is 0.460 e. The highest BCUT2D eigenvalue weighted by atomic mass is 32.2. The van der Waals surface area contributed by atoms with Crippen molar-refractivity contribution in [3.63, 3.8) is 0 Å². The molecule has 0 N–H and O–H groups in total. The Hall–Kier alpha value is -2.46. The minimum absolute atomic E-state index is 0.121. The van der Waals surface area contributed by atoms with E-state index in [1.807, 2.05) is 0 Å². The molecule has 0 saturated carbocycles. The van der Waals surface area contributed by atoms with Crippen LogP contribution in [-0.2, 0) is 11.5 Å². The van der Waals surface area contributed by atoms with Gasteiger partial charge < -0.3 is 0 Å². The van der Waals surface area contributed by atoms with E-state index in [0.29, 0.717) is 0 Å². The van der Waals surface area contributed by atoms with Crippen LogP contribution in [0.1, 0.15) is 24.0 Å². The molecule has 1 rings (SSSR count). The van der Waals surface area contributed by atoms with Gasteiger partial charge in [0.2, 0.25) is 0 Å². The molecule has 0 saturated heterocycles. The summed E-state index contributed by atoms with van der Waals surface area (Å²) in [6.07, 6.45) is -21.6. The zero-order valence-electron chi connectivity index (χ0n) is 29.2. The third-order valence-electron chi connectivity index (χ3n) is 8.22. The van der Waals surface area contributed by atoms with E-state index < -0.39 is 131 Å². The van der Waals surface area contributed by atoms with Gasteiger partial charge in [-0.05, 0) is 22.6 Å². The molecule has 64 heavy (non-hydrogen) atoms. The summed E-state index contributed by atoms with van der Waals surface area (Å²) in [6, 6.07) is 3.49. The highest BCUT2D eigenvalue weighted by molar-refractivity contribution is 7.98. The van der Waals surface area contributed by atoms with E-state index in [0.717, 1.165) is 24.3 Å². The van der Waals surface area contributed by atoms with Crippen molar-refractivity contribution in [2.24, 2.45) is 0 Å². The first kappa shape index (κ1) is 59.6. The molecule has 0 spiro atoms. The van der Waals surface area contributed by atoms with Crippen molar-refractivity contribution >= 4 is 23.5 Å². The second-order valence-electron chi connectivity index (χ2n) is 12.7. The van der Waals surface area contributed by atoms with Gasteiger partial charge in [0, 0.05) is 24.3 Å². The second-order valence-corrected chi connectivity index (χ2v) is 14.9. The summed E-state index contributed by atoms with van der Waals surface area (Å²) in [5, 5.41) is 0. The van der Waals surface area contributed by atoms with Gasteiger partial charge in [-0.3, -0.25) is 0 Å². The average molecular weight is 1060 g/mol. The number of hydrogen-bond acceptors (Lipinski definition) is 2. The van der Waals surface area contributed by atoms with E-state index in [4.69, 9.17) is 0 Å². The minimum atomic E-state index is -8.85. The molecule has 36 heteroatoms. The monoisotopic (exact) mass is 1060 g/mol. The van der Waals surface area contributed by atoms with Crippen LogP contribution >= 0.6 is 23.5 Å². The van der Waals surface area contributed by atoms with E-state index >= 15 is 0 Å². The predicted octanol–water partition coefficient (Wildman–Crippen LogP) is 15.0. The van der Waals surface area contributed by atoms with Crippen LogP contribution in [0.25, 0.3) is 0 Å². The Balaban J connectivity index is 3.10. The summed E-state index contributed by atoms with van der Waals surface area (Å²) in [6.45, 7) is 0. The molecule has 0 aliphatic rings. The van der Waals surface area contributed by atoms with Gasteiger partial charge in [-0.25, -0.2) is 0 Å².